The lowest BCUT2D eigenvalue weighted by Gasteiger charge is -2.12. The maximum absolute atomic E-state index is 13.0. The Morgan fingerprint density at radius 1 is 1.39 bits per heavy atom. The molecule has 0 aliphatic heterocycles. The van der Waals surface area contributed by atoms with Crippen molar-refractivity contribution in [1.82, 2.24) is 5.32 Å². The molecule has 1 aliphatic carbocycles. The first-order valence-electron chi connectivity index (χ1n) is 5.81. The maximum atomic E-state index is 13.0. The average molecular weight is 292 g/mol. The number of hydrogen-bond acceptors (Lipinski definition) is 3. The molecule has 1 N–H and O–H groups in total. The molecule has 2 rings (SSSR count). The number of rotatable bonds is 3. The second-order valence-corrected chi connectivity index (χ2v) is 7.18. The van der Waals surface area contributed by atoms with Crippen molar-refractivity contribution in [3.05, 3.63) is 29.0 Å². The van der Waals surface area contributed by atoms with Crippen LogP contribution in [0.15, 0.2) is 23.1 Å². The van der Waals surface area contributed by atoms with E-state index in [2.05, 4.69) is 5.32 Å². The van der Waals surface area contributed by atoms with E-state index in [9.17, 15) is 12.8 Å². The minimum absolute atomic E-state index is 0.107. The molecular weight excluding hydrogens is 277 g/mol. The zero-order valence-corrected chi connectivity index (χ0v) is 11.6. The van der Waals surface area contributed by atoms with Gasteiger partial charge in [-0.2, -0.15) is 0 Å². The van der Waals surface area contributed by atoms with E-state index in [-0.39, 0.29) is 16.0 Å². The van der Waals surface area contributed by atoms with E-state index in [4.69, 9.17) is 11.6 Å². The third-order valence-electron chi connectivity index (χ3n) is 3.45. The van der Waals surface area contributed by atoms with Crippen molar-refractivity contribution in [2.45, 2.75) is 35.4 Å². The molecule has 0 aromatic heterocycles. The summed E-state index contributed by atoms with van der Waals surface area (Å²) in [6.07, 6.45) is 2.06. The molecular formula is C12H15ClFNO2S. The molecule has 0 spiro atoms. The Morgan fingerprint density at radius 3 is 2.67 bits per heavy atom. The Hall–Kier alpha value is -0.650. The lowest BCUT2D eigenvalue weighted by atomic mass is 10.3. The van der Waals surface area contributed by atoms with Gasteiger partial charge in [-0.15, -0.1) is 0 Å². The number of halogens is 2. The fourth-order valence-corrected chi connectivity index (χ4v) is 4.43. The second kappa shape index (κ2) is 5.15. The zero-order valence-electron chi connectivity index (χ0n) is 9.99. The van der Waals surface area contributed by atoms with Gasteiger partial charge in [-0.05, 0) is 44.5 Å². The minimum atomic E-state index is -3.41. The molecule has 3 nitrogen and oxygen atoms in total. The zero-order chi connectivity index (χ0) is 13.3. The van der Waals surface area contributed by atoms with Crippen LogP contribution in [0, 0.1) is 5.82 Å². The van der Waals surface area contributed by atoms with Gasteiger partial charge >= 0.3 is 0 Å². The van der Waals surface area contributed by atoms with E-state index in [0.717, 1.165) is 12.5 Å². The van der Waals surface area contributed by atoms with Gasteiger partial charge in [0.25, 0.3) is 0 Å². The summed E-state index contributed by atoms with van der Waals surface area (Å²) in [7, 11) is -1.58. The molecule has 0 saturated heterocycles. The summed E-state index contributed by atoms with van der Waals surface area (Å²) in [5, 5.41) is 2.53. The maximum Gasteiger partial charge on any atom is 0.181 e. The highest BCUT2D eigenvalue weighted by molar-refractivity contribution is 7.92. The lowest BCUT2D eigenvalue weighted by Crippen LogP contribution is -2.25. The normalized spacial score (nSPS) is 24.4. The van der Waals surface area contributed by atoms with Gasteiger partial charge in [0.2, 0.25) is 0 Å². The van der Waals surface area contributed by atoms with E-state index in [0.29, 0.717) is 12.8 Å². The van der Waals surface area contributed by atoms with Crippen LogP contribution in [0.1, 0.15) is 19.3 Å². The summed E-state index contributed by atoms with van der Waals surface area (Å²) < 4.78 is 37.7. The molecule has 2 unspecified atom stereocenters. The minimum Gasteiger partial charge on any atom is -0.317 e. The Labute approximate surface area is 111 Å². The fraction of sp³-hybridized carbons (Fsp3) is 0.500. The molecule has 0 amide bonds. The highest BCUT2D eigenvalue weighted by atomic mass is 35.5. The molecule has 1 saturated carbocycles. The largest absolute Gasteiger partial charge is 0.317 e. The van der Waals surface area contributed by atoms with Crippen molar-refractivity contribution in [3.8, 4) is 0 Å². The Morgan fingerprint density at radius 2 is 2.11 bits per heavy atom. The van der Waals surface area contributed by atoms with E-state index in [1.54, 1.807) is 0 Å². The van der Waals surface area contributed by atoms with Crippen LogP contribution in [0.2, 0.25) is 5.02 Å². The predicted molar refractivity (Wildman–Crippen MR) is 69.1 cm³/mol. The van der Waals surface area contributed by atoms with Gasteiger partial charge in [-0.3, -0.25) is 0 Å². The van der Waals surface area contributed by atoms with Crippen LogP contribution in [-0.2, 0) is 9.84 Å². The molecule has 1 aromatic carbocycles. The predicted octanol–water partition coefficient (Wildman–Crippen LogP) is 2.39. The van der Waals surface area contributed by atoms with Gasteiger partial charge < -0.3 is 5.32 Å². The van der Waals surface area contributed by atoms with E-state index < -0.39 is 20.9 Å². The number of sulfone groups is 1. The molecule has 100 valence electrons. The van der Waals surface area contributed by atoms with Crippen molar-refractivity contribution in [2.75, 3.05) is 7.05 Å². The molecule has 0 bridgehead atoms. The van der Waals surface area contributed by atoms with Gasteiger partial charge in [-0.25, -0.2) is 12.8 Å². The topological polar surface area (TPSA) is 46.2 Å². The Kier molecular flexibility index (Phi) is 3.94. The monoisotopic (exact) mass is 291 g/mol. The molecule has 1 aromatic rings. The number of benzene rings is 1. The Balaban J connectivity index is 2.28. The summed E-state index contributed by atoms with van der Waals surface area (Å²) in [6, 6.07) is 3.81. The highest BCUT2D eigenvalue weighted by Crippen LogP contribution is 2.31. The van der Waals surface area contributed by atoms with Crippen LogP contribution < -0.4 is 5.32 Å². The average Bonchev–Trinajstić information content (AvgIpc) is 2.81. The second-order valence-electron chi connectivity index (χ2n) is 4.54. The van der Waals surface area contributed by atoms with Gasteiger partial charge in [-0.1, -0.05) is 11.6 Å². The lowest BCUT2D eigenvalue weighted by molar-refractivity contribution is 0.564. The molecule has 6 heteroatoms. The molecule has 1 aliphatic rings. The van der Waals surface area contributed by atoms with Crippen LogP contribution in [0.3, 0.4) is 0 Å². The van der Waals surface area contributed by atoms with Crippen LogP contribution in [0.4, 0.5) is 4.39 Å². The van der Waals surface area contributed by atoms with Crippen LogP contribution in [0.5, 0.6) is 0 Å². The van der Waals surface area contributed by atoms with Gasteiger partial charge in [0.05, 0.1) is 15.2 Å². The quantitative estimate of drug-likeness (QED) is 0.870. The van der Waals surface area contributed by atoms with Crippen molar-refractivity contribution in [3.63, 3.8) is 0 Å². The van der Waals surface area contributed by atoms with Gasteiger partial charge in [0, 0.05) is 6.04 Å². The molecule has 2 atom stereocenters. The van der Waals surface area contributed by atoms with E-state index in [1.165, 1.54) is 12.1 Å². The highest BCUT2D eigenvalue weighted by Gasteiger charge is 2.34. The summed E-state index contributed by atoms with van der Waals surface area (Å²) in [6.45, 7) is 0. The van der Waals surface area contributed by atoms with Crippen LogP contribution >= 0.6 is 11.6 Å². The first kappa shape index (κ1) is 13.8. The van der Waals surface area contributed by atoms with E-state index in [1.807, 2.05) is 7.05 Å². The van der Waals surface area contributed by atoms with Gasteiger partial charge in [0.15, 0.2) is 9.84 Å². The standard InChI is InChI=1S/C12H15ClFNO2S/c1-15-8-2-3-9(6-8)18(16,17)10-4-5-12(14)11(13)7-10/h4-5,7-9,15H,2-3,6H2,1H3. The van der Waals surface area contributed by atoms with Crippen molar-refractivity contribution in [2.24, 2.45) is 0 Å². The van der Waals surface area contributed by atoms with Crippen LogP contribution in [0.25, 0.3) is 0 Å². The Bertz CT molecular complexity index is 547. The molecule has 18 heavy (non-hydrogen) atoms. The van der Waals surface area contributed by atoms with E-state index >= 15 is 0 Å². The first-order valence-corrected chi connectivity index (χ1v) is 7.74. The molecule has 0 heterocycles. The molecule has 0 radical (unpaired) electrons. The van der Waals surface area contributed by atoms with Crippen molar-refractivity contribution >= 4 is 21.4 Å². The SMILES string of the molecule is CNC1CCC(S(=O)(=O)c2ccc(F)c(Cl)c2)C1. The van der Waals surface area contributed by atoms with Crippen molar-refractivity contribution in [1.29, 1.82) is 0 Å². The molecule has 1 fully saturated rings. The third kappa shape index (κ3) is 2.53. The first-order chi connectivity index (χ1) is 8.45. The number of nitrogens with one attached hydrogen (secondary N) is 1. The number of hydrogen-bond donors (Lipinski definition) is 1. The summed E-state index contributed by atoms with van der Waals surface area (Å²) in [4.78, 5) is 0.107. The summed E-state index contributed by atoms with van der Waals surface area (Å²) >= 11 is 5.63. The summed E-state index contributed by atoms with van der Waals surface area (Å²) in [5.41, 5.74) is 0. The third-order valence-corrected chi connectivity index (χ3v) is 5.96. The van der Waals surface area contributed by atoms with Gasteiger partial charge in [0.1, 0.15) is 5.82 Å². The fourth-order valence-electron chi connectivity index (χ4n) is 2.33. The van der Waals surface area contributed by atoms with Crippen molar-refractivity contribution < 1.29 is 12.8 Å². The van der Waals surface area contributed by atoms with Crippen LogP contribution in [-0.4, -0.2) is 26.8 Å². The smallest absolute Gasteiger partial charge is 0.181 e. The summed E-state index contributed by atoms with van der Waals surface area (Å²) in [5.74, 6) is -0.602.